The van der Waals surface area contributed by atoms with Crippen molar-refractivity contribution >= 4 is 28.3 Å². The lowest BCUT2D eigenvalue weighted by molar-refractivity contribution is 0.200. The molecule has 1 aliphatic heterocycles. The lowest BCUT2D eigenvalue weighted by Crippen LogP contribution is -2.55. The van der Waals surface area contributed by atoms with E-state index in [2.05, 4.69) is 20.4 Å². The fourth-order valence-electron chi connectivity index (χ4n) is 4.32. The van der Waals surface area contributed by atoms with E-state index in [1.807, 2.05) is 31.2 Å². The third-order valence-electron chi connectivity index (χ3n) is 6.07. The first kappa shape index (κ1) is 21.8. The summed E-state index contributed by atoms with van der Waals surface area (Å²) in [5, 5.41) is 13.8. The van der Waals surface area contributed by atoms with Crippen molar-refractivity contribution in [3.05, 3.63) is 84.4 Å². The number of halogens is 2. The Morgan fingerprint density at radius 2 is 1.53 bits per heavy atom. The fraction of sp³-hybridized carbons (Fsp3) is 0.192. The van der Waals surface area contributed by atoms with E-state index in [1.54, 1.807) is 17.0 Å². The van der Waals surface area contributed by atoms with Crippen LogP contribution in [-0.2, 0) is 0 Å². The molecule has 1 aromatic heterocycles. The number of fused-ring (bicyclic) bond motifs is 1. The van der Waals surface area contributed by atoms with Gasteiger partial charge < -0.3 is 15.1 Å². The monoisotopic (exact) mass is 459 g/mol. The van der Waals surface area contributed by atoms with Gasteiger partial charge in [0.2, 0.25) is 0 Å². The number of amides is 2. The van der Waals surface area contributed by atoms with Crippen LogP contribution >= 0.6 is 0 Å². The van der Waals surface area contributed by atoms with E-state index in [1.165, 1.54) is 36.4 Å². The van der Waals surface area contributed by atoms with Gasteiger partial charge >= 0.3 is 6.03 Å². The van der Waals surface area contributed by atoms with Gasteiger partial charge in [-0.1, -0.05) is 24.3 Å². The Bertz CT molecular complexity index is 1330. The Hall–Kier alpha value is -4.07. The van der Waals surface area contributed by atoms with Crippen molar-refractivity contribution in [3.63, 3.8) is 0 Å². The summed E-state index contributed by atoms with van der Waals surface area (Å²) in [6.07, 6.45) is 0. The number of rotatable bonds is 3. The van der Waals surface area contributed by atoms with Gasteiger partial charge in [-0.3, -0.25) is 0 Å². The second kappa shape index (κ2) is 9.05. The van der Waals surface area contributed by atoms with Crippen molar-refractivity contribution in [2.45, 2.75) is 13.0 Å². The predicted molar refractivity (Wildman–Crippen MR) is 129 cm³/mol. The molecule has 4 aromatic rings. The van der Waals surface area contributed by atoms with E-state index in [0.717, 1.165) is 22.2 Å². The van der Waals surface area contributed by atoms with E-state index in [0.29, 0.717) is 31.0 Å². The van der Waals surface area contributed by atoms with Gasteiger partial charge in [-0.05, 0) is 55.5 Å². The molecule has 8 heteroatoms. The summed E-state index contributed by atoms with van der Waals surface area (Å²) in [4.78, 5) is 16.6. The Kier molecular flexibility index (Phi) is 5.79. The van der Waals surface area contributed by atoms with Gasteiger partial charge in [0.15, 0.2) is 5.82 Å². The van der Waals surface area contributed by atoms with Gasteiger partial charge in [0.25, 0.3) is 0 Å². The van der Waals surface area contributed by atoms with Crippen molar-refractivity contribution in [1.82, 2.24) is 15.1 Å². The van der Waals surface area contributed by atoms with E-state index in [-0.39, 0.29) is 23.7 Å². The highest BCUT2D eigenvalue weighted by Crippen LogP contribution is 2.33. The van der Waals surface area contributed by atoms with Crippen molar-refractivity contribution < 1.29 is 13.6 Å². The number of benzene rings is 3. The molecule has 3 aromatic carbocycles. The summed E-state index contributed by atoms with van der Waals surface area (Å²) in [6, 6.07) is 19.6. The zero-order valence-electron chi connectivity index (χ0n) is 18.6. The minimum absolute atomic E-state index is 0.00194. The normalized spacial score (nSPS) is 16.0. The molecule has 172 valence electrons. The average Bonchev–Trinajstić information content (AvgIpc) is 2.85. The Morgan fingerprint density at radius 1 is 0.882 bits per heavy atom. The van der Waals surface area contributed by atoms with Gasteiger partial charge in [-0.15, -0.1) is 10.2 Å². The molecule has 1 N–H and O–H groups in total. The van der Waals surface area contributed by atoms with Crippen molar-refractivity contribution in [2.75, 3.05) is 29.9 Å². The van der Waals surface area contributed by atoms with Crippen LogP contribution in [0.4, 0.5) is 25.1 Å². The lowest BCUT2D eigenvalue weighted by atomic mass is 10.0. The van der Waals surface area contributed by atoms with E-state index in [9.17, 15) is 13.6 Å². The van der Waals surface area contributed by atoms with Gasteiger partial charge in [-0.2, -0.15) is 0 Å². The molecule has 0 saturated carbocycles. The van der Waals surface area contributed by atoms with Crippen LogP contribution < -0.4 is 10.2 Å². The van der Waals surface area contributed by atoms with Crippen LogP contribution in [0.5, 0.6) is 0 Å². The first-order valence-corrected chi connectivity index (χ1v) is 11.1. The van der Waals surface area contributed by atoms with Crippen LogP contribution in [0.15, 0.2) is 72.8 Å². The van der Waals surface area contributed by atoms with Crippen LogP contribution in [0.3, 0.4) is 0 Å². The number of anilines is 2. The summed E-state index contributed by atoms with van der Waals surface area (Å²) >= 11 is 0. The molecule has 34 heavy (non-hydrogen) atoms. The molecule has 1 saturated heterocycles. The van der Waals surface area contributed by atoms with E-state index < -0.39 is 0 Å². The number of nitrogens with zero attached hydrogens (tertiary/aromatic N) is 4. The van der Waals surface area contributed by atoms with Crippen LogP contribution in [0.2, 0.25) is 0 Å². The number of carbonyl (C=O) groups excluding carboxylic acids is 1. The minimum Gasteiger partial charge on any atom is -0.348 e. The molecule has 5 rings (SSSR count). The van der Waals surface area contributed by atoms with Gasteiger partial charge in [0, 0.05) is 47.7 Å². The number of carbonyl (C=O) groups is 1. The summed E-state index contributed by atoms with van der Waals surface area (Å²) < 4.78 is 26.5. The largest absolute Gasteiger partial charge is 0.348 e. The van der Waals surface area contributed by atoms with Crippen molar-refractivity contribution in [3.8, 4) is 11.3 Å². The second-order valence-electron chi connectivity index (χ2n) is 8.35. The maximum atomic E-state index is 13.4. The third kappa shape index (κ3) is 4.26. The topological polar surface area (TPSA) is 61.4 Å². The van der Waals surface area contributed by atoms with Crippen LogP contribution in [0.25, 0.3) is 22.0 Å². The molecular weight excluding hydrogens is 436 g/mol. The first-order chi connectivity index (χ1) is 16.5. The number of hydrogen-bond acceptors (Lipinski definition) is 4. The molecule has 1 aliphatic rings. The number of urea groups is 1. The second-order valence-corrected chi connectivity index (χ2v) is 8.35. The molecule has 1 fully saturated rings. The first-order valence-electron chi connectivity index (χ1n) is 11.1. The maximum Gasteiger partial charge on any atom is 0.321 e. The third-order valence-corrected chi connectivity index (χ3v) is 6.07. The molecule has 0 radical (unpaired) electrons. The highest BCUT2D eigenvalue weighted by atomic mass is 19.1. The minimum atomic E-state index is -0.348. The van der Waals surface area contributed by atoms with Crippen LogP contribution in [0.1, 0.15) is 6.92 Å². The zero-order chi connectivity index (χ0) is 23.7. The molecule has 2 amide bonds. The number of nitrogens with one attached hydrogen (secondary N) is 1. The van der Waals surface area contributed by atoms with E-state index in [4.69, 9.17) is 0 Å². The highest BCUT2D eigenvalue weighted by Gasteiger charge is 2.29. The lowest BCUT2D eigenvalue weighted by Gasteiger charge is -2.40. The molecule has 2 heterocycles. The predicted octanol–water partition coefficient (Wildman–Crippen LogP) is 5.32. The molecule has 0 spiro atoms. The zero-order valence-corrected chi connectivity index (χ0v) is 18.6. The highest BCUT2D eigenvalue weighted by molar-refractivity contribution is 6.00. The Labute approximate surface area is 195 Å². The van der Waals surface area contributed by atoms with Gasteiger partial charge in [-0.25, -0.2) is 13.6 Å². The summed E-state index contributed by atoms with van der Waals surface area (Å²) in [5.41, 5.74) is 2.05. The van der Waals surface area contributed by atoms with Crippen molar-refractivity contribution in [2.24, 2.45) is 0 Å². The standard InChI is InChI=1S/C26H23F2N5O/c1-17-16-32(26(34)29-21-12-10-20(28)11-13-21)14-15-33(17)25-23-5-3-2-4-22(23)24(30-31-25)18-6-8-19(27)9-7-18/h2-13,17H,14-16H2,1H3,(H,29,34)/t17-/m0/s1. The quantitative estimate of drug-likeness (QED) is 0.451. The maximum absolute atomic E-state index is 13.4. The van der Waals surface area contributed by atoms with Crippen LogP contribution in [-0.4, -0.2) is 46.8 Å². The van der Waals surface area contributed by atoms with Crippen molar-refractivity contribution in [1.29, 1.82) is 0 Å². The SMILES string of the molecule is C[C@H]1CN(C(=O)Nc2ccc(F)cc2)CCN1c1nnc(-c2ccc(F)cc2)c2ccccc12. The Balaban J connectivity index is 1.37. The van der Waals surface area contributed by atoms with Gasteiger partial charge in [0.1, 0.15) is 17.3 Å². The smallest absolute Gasteiger partial charge is 0.321 e. The molecule has 0 unspecified atom stereocenters. The fourth-order valence-corrected chi connectivity index (χ4v) is 4.32. The molecular formula is C26H23F2N5O. The summed E-state index contributed by atoms with van der Waals surface area (Å²) in [6.45, 7) is 3.64. The van der Waals surface area contributed by atoms with E-state index >= 15 is 0 Å². The van der Waals surface area contributed by atoms with Crippen LogP contribution in [0, 0.1) is 11.6 Å². The number of aromatic nitrogens is 2. The average molecular weight is 460 g/mol. The molecule has 6 nitrogen and oxygen atoms in total. The Morgan fingerprint density at radius 3 is 2.21 bits per heavy atom. The molecule has 0 bridgehead atoms. The van der Waals surface area contributed by atoms with Gasteiger partial charge in [0.05, 0.1) is 0 Å². The summed E-state index contributed by atoms with van der Waals surface area (Å²) in [5.74, 6) is 0.111. The number of piperazine rings is 1. The molecule has 1 atom stereocenters. The molecule has 0 aliphatic carbocycles. The number of hydrogen-bond donors (Lipinski definition) is 1. The summed E-state index contributed by atoms with van der Waals surface area (Å²) in [7, 11) is 0.